The zero-order valence-corrected chi connectivity index (χ0v) is 17.0. The zero-order valence-electron chi connectivity index (χ0n) is 14.7. The Morgan fingerprint density at radius 3 is 2.11 bits per heavy atom. The lowest BCUT2D eigenvalue weighted by Gasteiger charge is -2.23. The monoisotopic (exact) mass is 435 g/mol. The van der Waals surface area contributed by atoms with Gasteiger partial charge in [0.25, 0.3) is 15.9 Å². The number of benzene rings is 3. The summed E-state index contributed by atoms with van der Waals surface area (Å²) >= 11 is 11.8. The first-order valence-corrected chi connectivity index (χ1v) is 10.3. The molecule has 0 heterocycles. The smallest absolute Gasteiger partial charge is 0.272 e. The van der Waals surface area contributed by atoms with Gasteiger partial charge < -0.3 is 4.74 Å². The molecule has 28 heavy (non-hydrogen) atoms. The number of carbonyl (C=O) groups is 1. The molecule has 0 N–H and O–H groups in total. The van der Waals surface area contributed by atoms with Crippen molar-refractivity contribution in [2.45, 2.75) is 4.90 Å². The van der Waals surface area contributed by atoms with Gasteiger partial charge in [-0.25, -0.2) is 8.42 Å². The first-order valence-electron chi connectivity index (χ1n) is 8.08. The second-order valence-electron chi connectivity index (χ2n) is 5.74. The van der Waals surface area contributed by atoms with Crippen LogP contribution in [0.3, 0.4) is 0 Å². The van der Waals surface area contributed by atoms with Gasteiger partial charge in [0.2, 0.25) is 0 Å². The highest BCUT2D eigenvalue weighted by atomic mass is 35.5. The number of halogens is 2. The van der Waals surface area contributed by atoms with E-state index in [4.69, 9.17) is 27.9 Å². The summed E-state index contributed by atoms with van der Waals surface area (Å²) in [6, 6.07) is 17.8. The van der Waals surface area contributed by atoms with Crippen LogP contribution in [-0.2, 0) is 10.0 Å². The Morgan fingerprint density at radius 2 is 1.54 bits per heavy atom. The van der Waals surface area contributed by atoms with Gasteiger partial charge in [0, 0.05) is 15.6 Å². The van der Waals surface area contributed by atoms with Gasteiger partial charge in [-0.2, -0.15) is 4.31 Å². The maximum absolute atomic E-state index is 13.3. The van der Waals surface area contributed by atoms with Crippen LogP contribution < -0.4 is 9.04 Å². The number of carbonyl (C=O) groups excluding carboxylic acids is 1. The SMILES string of the molecule is COc1ccc(N(C(=O)c2cccc(Cl)c2)S(=O)(=O)c2ccc(Cl)cc2)cc1. The average molecular weight is 436 g/mol. The number of methoxy groups -OCH3 is 1. The standard InChI is InChI=1S/C20H15Cl2NO4S/c1-27-18-9-7-17(8-10-18)23(20(24)14-3-2-4-16(22)13-14)28(25,26)19-11-5-15(21)6-12-19/h2-13H,1H3. The highest BCUT2D eigenvalue weighted by molar-refractivity contribution is 7.93. The first-order chi connectivity index (χ1) is 13.3. The number of amides is 1. The number of sulfonamides is 1. The molecule has 3 rings (SSSR count). The van der Waals surface area contributed by atoms with Crippen molar-refractivity contribution in [2.24, 2.45) is 0 Å². The van der Waals surface area contributed by atoms with Crippen LogP contribution >= 0.6 is 23.2 Å². The van der Waals surface area contributed by atoms with Crippen molar-refractivity contribution in [2.75, 3.05) is 11.4 Å². The van der Waals surface area contributed by atoms with Crippen molar-refractivity contribution in [3.8, 4) is 5.75 Å². The number of nitrogens with zero attached hydrogens (tertiary/aromatic N) is 1. The van der Waals surface area contributed by atoms with Crippen molar-refractivity contribution >= 4 is 44.8 Å². The molecule has 1 amide bonds. The van der Waals surface area contributed by atoms with Crippen LogP contribution in [0.2, 0.25) is 10.0 Å². The molecule has 5 nitrogen and oxygen atoms in total. The van der Waals surface area contributed by atoms with E-state index in [1.165, 1.54) is 55.6 Å². The molecule has 3 aromatic rings. The van der Waals surface area contributed by atoms with Crippen LogP contribution in [0.4, 0.5) is 5.69 Å². The van der Waals surface area contributed by atoms with Gasteiger partial charge in [0.1, 0.15) is 5.75 Å². The number of hydrogen-bond acceptors (Lipinski definition) is 4. The summed E-state index contributed by atoms with van der Waals surface area (Å²) in [7, 11) is -2.72. The van der Waals surface area contributed by atoms with Crippen LogP contribution in [0, 0.1) is 0 Å². The maximum atomic E-state index is 13.3. The molecule has 0 bridgehead atoms. The fraction of sp³-hybridized carbons (Fsp3) is 0.0500. The van der Waals surface area contributed by atoms with Gasteiger partial charge in [-0.3, -0.25) is 4.79 Å². The summed E-state index contributed by atoms with van der Waals surface area (Å²) in [5.41, 5.74) is 0.307. The van der Waals surface area contributed by atoms with Crippen LogP contribution in [0.5, 0.6) is 5.75 Å². The predicted octanol–water partition coefficient (Wildman–Crippen LogP) is 5.04. The predicted molar refractivity (Wildman–Crippen MR) is 110 cm³/mol. The third kappa shape index (κ3) is 4.14. The summed E-state index contributed by atoms with van der Waals surface area (Å²) in [4.78, 5) is 13.1. The Hall–Kier alpha value is -2.54. The summed E-state index contributed by atoms with van der Waals surface area (Å²) in [6.45, 7) is 0. The molecule has 0 atom stereocenters. The Kier molecular flexibility index (Phi) is 5.93. The van der Waals surface area contributed by atoms with Crippen LogP contribution in [0.25, 0.3) is 0 Å². The number of anilines is 1. The van der Waals surface area contributed by atoms with E-state index in [2.05, 4.69) is 0 Å². The third-order valence-electron chi connectivity index (χ3n) is 3.91. The molecule has 0 aliphatic carbocycles. The lowest BCUT2D eigenvalue weighted by atomic mass is 10.2. The number of hydrogen-bond donors (Lipinski definition) is 0. The van der Waals surface area contributed by atoms with Crippen LogP contribution in [0.1, 0.15) is 10.4 Å². The van der Waals surface area contributed by atoms with E-state index in [9.17, 15) is 13.2 Å². The first kappa shape index (κ1) is 20.2. The molecule has 0 spiro atoms. The minimum absolute atomic E-state index is 0.0666. The largest absolute Gasteiger partial charge is 0.497 e. The van der Waals surface area contributed by atoms with Gasteiger partial charge in [-0.15, -0.1) is 0 Å². The summed E-state index contributed by atoms with van der Waals surface area (Å²) in [6.07, 6.45) is 0. The van der Waals surface area contributed by atoms with Gasteiger partial charge >= 0.3 is 0 Å². The van der Waals surface area contributed by atoms with Crippen molar-refractivity contribution in [3.05, 3.63) is 88.4 Å². The molecule has 0 aliphatic heterocycles. The van der Waals surface area contributed by atoms with Gasteiger partial charge in [-0.1, -0.05) is 29.3 Å². The second kappa shape index (κ2) is 8.22. The highest BCUT2D eigenvalue weighted by Crippen LogP contribution is 2.29. The highest BCUT2D eigenvalue weighted by Gasteiger charge is 2.32. The molecule has 0 unspecified atom stereocenters. The lowest BCUT2D eigenvalue weighted by Crippen LogP contribution is -2.37. The fourth-order valence-electron chi connectivity index (χ4n) is 2.53. The van der Waals surface area contributed by atoms with Crippen molar-refractivity contribution in [1.29, 1.82) is 0 Å². The number of rotatable bonds is 5. The Labute approximate surface area is 173 Å². The molecule has 0 saturated carbocycles. The van der Waals surface area contributed by atoms with E-state index in [1.807, 2.05) is 0 Å². The van der Waals surface area contributed by atoms with Crippen LogP contribution in [-0.4, -0.2) is 21.4 Å². The zero-order chi connectivity index (χ0) is 20.3. The third-order valence-corrected chi connectivity index (χ3v) is 6.13. The fourth-order valence-corrected chi connectivity index (χ4v) is 4.26. The van der Waals surface area contributed by atoms with E-state index >= 15 is 0 Å². The van der Waals surface area contributed by atoms with E-state index in [0.29, 0.717) is 15.8 Å². The molecule has 0 fully saturated rings. The normalized spacial score (nSPS) is 11.1. The summed E-state index contributed by atoms with van der Waals surface area (Å²) in [5, 5.41) is 0.709. The lowest BCUT2D eigenvalue weighted by molar-refractivity contribution is 0.101. The summed E-state index contributed by atoms with van der Waals surface area (Å²) in [5.74, 6) is -0.203. The molecule has 0 aliphatic rings. The minimum atomic E-state index is -4.21. The van der Waals surface area contributed by atoms with Gasteiger partial charge in [0.15, 0.2) is 0 Å². The molecule has 3 aromatic carbocycles. The van der Waals surface area contributed by atoms with E-state index in [0.717, 1.165) is 4.31 Å². The Bertz CT molecular complexity index is 1100. The van der Waals surface area contributed by atoms with Gasteiger partial charge in [-0.05, 0) is 66.7 Å². The van der Waals surface area contributed by atoms with E-state index in [-0.39, 0.29) is 16.1 Å². The quantitative estimate of drug-likeness (QED) is 0.562. The van der Waals surface area contributed by atoms with E-state index in [1.54, 1.807) is 24.3 Å². The van der Waals surface area contributed by atoms with Gasteiger partial charge in [0.05, 0.1) is 17.7 Å². The second-order valence-corrected chi connectivity index (χ2v) is 8.40. The van der Waals surface area contributed by atoms with Crippen molar-refractivity contribution < 1.29 is 17.9 Å². The minimum Gasteiger partial charge on any atom is -0.497 e. The average Bonchev–Trinajstić information content (AvgIpc) is 2.69. The maximum Gasteiger partial charge on any atom is 0.272 e. The molecule has 0 aromatic heterocycles. The number of ether oxygens (including phenoxy) is 1. The summed E-state index contributed by atoms with van der Waals surface area (Å²) < 4.78 is 32.4. The molecular weight excluding hydrogens is 421 g/mol. The van der Waals surface area contributed by atoms with Crippen molar-refractivity contribution in [1.82, 2.24) is 0 Å². The molecule has 0 saturated heterocycles. The topological polar surface area (TPSA) is 63.7 Å². The Morgan fingerprint density at radius 1 is 0.893 bits per heavy atom. The molecular formula is C20H15Cl2NO4S. The molecule has 8 heteroatoms. The van der Waals surface area contributed by atoms with E-state index < -0.39 is 15.9 Å². The van der Waals surface area contributed by atoms with Crippen LogP contribution in [0.15, 0.2) is 77.7 Å². The molecule has 0 radical (unpaired) electrons. The van der Waals surface area contributed by atoms with Crippen molar-refractivity contribution in [3.63, 3.8) is 0 Å². The molecule has 144 valence electrons. The Balaban J connectivity index is 2.15.